The van der Waals surface area contributed by atoms with Gasteiger partial charge < -0.3 is 39.0 Å². The predicted octanol–water partition coefficient (Wildman–Crippen LogP) is 2.86. The first-order chi connectivity index (χ1) is 20.4. The van der Waals surface area contributed by atoms with Crippen LogP contribution in [0.15, 0.2) is 48.5 Å². The summed E-state index contributed by atoms with van der Waals surface area (Å²) >= 11 is 0. The van der Waals surface area contributed by atoms with Crippen LogP contribution in [-0.2, 0) is 40.0 Å². The van der Waals surface area contributed by atoms with E-state index in [1.807, 2.05) is 0 Å². The molecule has 43 heavy (non-hydrogen) atoms. The van der Waals surface area contributed by atoms with Crippen molar-refractivity contribution in [2.45, 2.75) is 38.3 Å². The van der Waals surface area contributed by atoms with Crippen LogP contribution >= 0.6 is 0 Å². The second-order valence-electron chi connectivity index (χ2n) is 9.39. The lowest BCUT2D eigenvalue weighted by Gasteiger charge is -2.44. The molecular weight excluding hydrogens is 578 g/mol. The largest absolute Gasteiger partial charge is 0.514 e. The highest BCUT2D eigenvalue weighted by molar-refractivity contribution is 5.77. The van der Waals surface area contributed by atoms with Crippen LogP contribution in [0.4, 0.5) is 10.5 Å². The van der Waals surface area contributed by atoms with Crippen molar-refractivity contribution in [2.75, 3.05) is 7.11 Å². The van der Waals surface area contributed by atoms with Crippen LogP contribution in [-0.4, -0.2) is 69.8 Å². The van der Waals surface area contributed by atoms with Gasteiger partial charge in [-0.3, -0.25) is 24.5 Å². The van der Waals surface area contributed by atoms with E-state index in [0.717, 1.165) is 19.2 Å². The molecule has 0 spiro atoms. The molecule has 0 radical (unpaired) electrons. The third-order valence-electron chi connectivity index (χ3n) is 6.56. The highest BCUT2D eigenvalue weighted by atomic mass is 16.7. The summed E-state index contributed by atoms with van der Waals surface area (Å²) in [6.07, 6.45) is -6.06. The van der Waals surface area contributed by atoms with Crippen molar-refractivity contribution in [3.63, 3.8) is 0 Å². The molecule has 0 unspecified atom stereocenters. The Balaban J connectivity index is 1.73. The molecule has 0 aromatic heterocycles. The fourth-order valence-electron chi connectivity index (χ4n) is 4.67. The van der Waals surface area contributed by atoms with E-state index in [4.69, 9.17) is 23.7 Å². The molecule has 1 heterocycles. The van der Waals surface area contributed by atoms with E-state index in [1.165, 1.54) is 36.4 Å². The maximum Gasteiger partial charge on any atom is 0.514 e. The summed E-state index contributed by atoms with van der Waals surface area (Å²) in [6.45, 7) is -0.240. The number of carboxylic acids is 3. The van der Waals surface area contributed by atoms with Crippen LogP contribution in [0.3, 0.4) is 0 Å². The van der Waals surface area contributed by atoms with Crippen LogP contribution in [0.2, 0.25) is 0 Å². The third-order valence-corrected chi connectivity index (χ3v) is 6.56. The lowest BCUT2D eigenvalue weighted by Crippen LogP contribution is -2.54. The lowest BCUT2D eigenvalue weighted by atomic mass is 9.71. The highest BCUT2D eigenvalue weighted by Crippen LogP contribution is 2.42. The van der Waals surface area contributed by atoms with Gasteiger partial charge in [0.05, 0.1) is 24.9 Å². The molecule has 1 saturated heterocycles. The molecule has 16 nitrogen and oxygen atoms in total. The molecule has 5 atom stereocenters. The van der Waals surface area contributed by atoms with E-state index in [2.05, 4.69) is 0 Å². The molecule has 230 valence electrons. The molecule has 2 aromatic rings. The minimum absolute atomic E-state index is 0.0276. The molecular formula is C27H27NO15. The number of nitro groups is 1. The SMILES string of the molecule is COC(=O)[C@H]1O[C@@H](Oc2ccc(COC(=O)Oc3ccc([N+](=O)[O-])cc3)cc2)[C@H](CC(=O)O)[C@@H](CC(=O)O)[C@@H]1CC(=O)O. The second-order valence-corrected chi connectivity index (χ2v) is 9.39. The maximum atomic E-state index is 12.5. The first-order valence-electron chi connectivity index (χ1n) is 12.6. The number of nitro benzene ring substituents is 1. The van der Waals surface area contributed by atoms with Crippen LogP contribution < -0.4 is 9.47 Å². The number of hydrogen-bond acceptors (Lipinski definition) is 12. The van der Waals surface area contributed by atoms with E-state index >= 15 is 0 Å². The van der Waals surface area contributed by atoms with Gasteiger partial charge in [-0.15, -0.1) is 0 Å². The summed E-state index contributed by atoms with van der Waals surface area (Å²) in [6, 6.07) is 10.6. The number of methoxy groups -OCH3 is 1. The average molecular weight is 606 g/mol. The van der Waals surface area contributed by atoms with Crippen molar-refractivity contribution in [1.29, 1.82) is 0 Å². The Morgan fingerprint density at radius 2 is 1.35 bits per heavy atom. The minimum atomic E-state index is -1.55. The smallest absolute Gasteiger partial charge is 0.481 e. The molecule has 0 saturated carbocycles. The summed E-state index contributed by atoms with van der Waals surface area (Å²) in [5.74, 6) is -8.34. The zero-order valence-corrected chi connectivity index (χ0v) is 22.5. The summed E-state index contributed by atoms with van der Waals surface area (Å²) in [7, 11) is 1.04. The zero-order chi connectivity index (χ0) is 31.7. The molecule has 1 aliphatic rings. The number of carbonyl (C=O) groups is 5. The van der Waals surface area contributed by atoms with Gasteiger partial charge in [0, 0.05) is 30.4 Å². The zero-order valence-electron chi connectivity index (χ0n) is 22.5. The average Bonchev–Trinajstić information content (AvgIpc) is 2.94. The molecule has 16 heteroatoms. The number of carbonyl (C=O) groups excluding carboxylic acids is 2. The van der Waals surface area contributed by atoms with E-state index in [-0.39, 0.29) is 23.8 Å². The second kappa shape index (κ2) is 14.6. The van der Waals surface area contributed by atoms with Crippen molar-refractivity contribution in [1.82, 2.24) is 0 Å². The van der Waals surface area contributed by atoms with E-state index in [0.29, 0.717) is 5.56 Å². The van der Waals surface area contributed by atoms with Gasteiger partial charge in [-0.05, 0) is 35.7 Å². The van der Waals surface area contributed by atoms with Gasteiger partial charge in [0.15, 0.2) is 6.10 Å². The monoisotopic (exact) mass is 605 g/mol. The third kappa shape index (κ3) is 9.12. The maximum absolute atomic E-state index is 12.5. The van der Waals surface area contributed by atoms with Crippen LogP contribution in [0.1, 0.15) is 24.8 Å². The number of ether oxygens (including phenoxy) is 5. The van der Waals surface area contributed by atoms with Crippen molar-refractivity contribution >= 4 is 35.7 Å². The van der Waals surface area contributed by atoms with Gasteiger partial charge in [0.25, 0.3) is 5.69 Å². The topological polar surface area (TPSA) is 235 Å². The van der Waals surface area contributed by atoms with Gasteiger partial charge in [-0.1, -0.05) is 12.1 Å². The van der Waals surface area contributed by atoms with Crippen LogP contribution in [0.5, 0.6) is 11.5 Å². The lowest BCUT2D eigenvalue weighted by molar-refractivity contribution is -0.384. The minimum Gasteiger partial charge on any atom is -0.481 e. The Hall–Kier alpha value is -5.25. The Bertz CT molecular complexity index is 1340. The molecule has 0 amide bonds. The van der Waals surface area contributed by atoms with Crippen LogP contribution in [0, 0.1) is 27.9 Å². The molecule has 1 aliphatic heterocycles. The standard InChI is InChI=1S/C27H27NO15/c1-39-25(35)24-19(11-22(31)32)18(10-21(29)30)20(12-23(33)34)26(43-24)41-16-6-2-14(3-7-16)13-40-27(36)42-17-8-4-15(5-9-17)28(37)38/h2-9,18-20,24,26H,10-13H2,1H3,(H,29,30)(H,31,32)(H,33,34)/t18-,19-,20+,24-,26+/m0/s1. The summed E-state index contributed by atoms with van der Waals surface area (Å²) in [4.78, 5) is 69.5. The summed E-state index contributed by atoms with van der Waals surface area (Å²) in [5.41, 5.74) is 0.284. The van der Waals surface area contributed by atoms with E-state index in [9.17, 15) is 49.4 Å². The van der Waals surface area contributed by atoms with Gasteiger partial charge in [-0.25, -0.2) is 9.59 Å². The molecule has 0 bridgehead atoms. The summed E-state index contributed by atoms with van der Waals surface area (Å²) < 4.78 is 26.3. The number of hydrogen-bond donors (Lipinski definition) is 3. The number of rotatable bonds is 13. The summed E-state index contributed by atoms with van der Waals surface area (Å²) in [5, 5.41) is 39.1. The Kier molecular flexibility index (Phi) is 10.9. The molecule has 3 N–H and O–H groups in total. The van der Waals surface area contributed by atoms with Crippen molar-refractivity contribution < 1.29 is 67.9 Å². The van der Waals surface area contributed by atoms with E-state index in [1.54, 1.807) is 0 Å². The van der Waals surface area contributed by atoms with Crippen molar-refractivity contribution in [3.05, 3.63) is 64.2 Å². The Morgan fingerprint density at radius 1 is 0.814 bits per heavy atom. The quantitative estimate of drug-likeness (QED) is 0.129. The van der Waals surface area contributed by atoms with E-state index < -0.39 is 84.4 Å². The number of aliphatic carboxylic acids is 3. The van der Waals surface area contributed by atoms with Crippen molar-refractivity contribution in [2.24, 2.45) is 17.8 Å². The Labute approximate surface area is 242 Å². The number of carboxylic acid groups (broad SMARTS) is 3. The van der Waals surface area contributed by atoms with Crippen molar-refractivity contribution in [3.8, 4) is 11.5 Å². The molecule has 1 fully saturated rings. The number of esters is 1. The molecule has 0 aliphatic carbocycles. The highest BCUT2D eigenvalue weighted by Gasteiger charge is 2.51. The van der Waals surface area contributed by atoms with Crippen LogP contribution in [0.25, 0.3) is 0 Å². The number of benzene rings is 2. The number of non-ortho nitro benzene ring substituents is 1. The fraction of sp³-hybridized carbons (Fsp3) is 0.370. The van der Waals surface area contributed by atoms with Gasteiger partial charge in [0.2, 0.25) is 6.29 Å². The predicted molar refractivity (Wildman–Crippen MR) is 139 cm³/mol. The first kappa shape index (κ1) is 32.3. The molecule has 3 rings (SSSR count). The van der Waals surface area contributed by atoms with Gasteiger partial charge in [0.1, 0.15) is 18.1 Å². The fourth-order valence-corrected chi connectivity index (χ4v) is 4.67. The first-order valence-corrected chi connectivity index (χ1v) is 12.6. The normalized spacial score (nSPS) is 21.2. The van der Waals surface area contributed by atoms with Gasteiger partial charge in [-0.2, -0.15) is 0 Å². The molecule has 2 aromatic carbocycles. The van der Waals surface area contributed by atoms with Gasteiger partial charge >= 0.3 is 30.0 Å². The number of nitrogens with zero attached hydrogens (tertiary/aromatic N) is 1. The Morgan fingerprint density at radius 3 is 1.88 bits per heavy atom.